The van der Waals surface area contributed by atoms with Crippen molar-refractivity contribution in [3.8, 4) is 11.5 Å². The van der Waals surface area contributed by atoms with Crippen LogP contribution in [-0.2, 0) is 19.2 Å². The zero-order chi connectivity index (χ0) is 28.4. The van der Waals surface area contributed by atoms with Crippen molar-refractivity contribution in [3.63, 3.8) is 0 Å². The molecule has 1 N–H and O–H groups in total. The fourth-order valence-corrected chi connectivity index (χ4v) is 7.51. The molecule has 3 aromatic carbocycles. The first kappa shape index (κ1) is 25.3. The summed E-state index contributed by atoms with van der Waals surface area (Å²) in [4.78, 5) is 58.1. The number of hydrogen-bond acceptors (Lipinski definition) is 6. The third-order valence-electron chi connectivity index (χ3n) is 9.25. The van der Waals surface area contributed by atoms with Gasteiger partial charge in [-0.2, -0.15) is 0 Å². The Bertz CT molecular complexity index is 1620. The molecule has 3 aromatic rings. The molecule has 0 aromatic heterocycles. The van der Waals surface area contributed by atoms with E-state index in [1.54, 1.807) is 60.7 Å². The molecule has 8 heteroatoms. The molecule has 7 rings (SSSR count). The number of benzene rings is 3. The van der Waals surface area contributed by atoms with Crippen LogP contribution in [0.15, 0.2) is 90.5 Å². The van der Waals surface area contributed by atoms with E-state index in [4.69, 9.17) is 4.74 Å². The second kappa shape index (κ2) is 9.44. The molecule has 8 nitrogen and oxygen atoms in total. The number of amides is 4. The Morgan fingerprint density at radius 1 is 0.707 bits per heavy atom. The van der Waals surface area contributed by atoms with Crippen LogP contribution in [0.4, 0.5) is 11.4 Å². The summed E-state index contributed by atoms with van der Waals surface area (Å²) >= 11 is 0. The normalized spacial score (nSPS) is 28.8. The molecule has 2 aliphatic carbocycles. The van der Waals surface area contributed by atoms with Gasteiger partial charge in [-0.3, -0.25) is 29.0 Å². The number of ether oxygens (including phenoxy) is 1. The molecular formula is C33H28N2O6. The predicted octanol–water partition coefficient (Wildman–Crippen LogP) is 4.45. The highest BCUT2D eigenvalue weighted by Gasteiger charge is 2.62. The number of allylic oxidation sites excluding steroid dienone is 2. The van der Waals surface area contributed by atoms with E-state index in [1.165, 1.54) is 23.0 Å². The second-order valence-corrected chi connectivity index (χ2v) is 11.1. The molecule has 2 aliphatic heterocycles. The summed E-state index contributed by atoms with van der Waals surface area (Å²) in [5.74, 6) is -4.49. The van der Waals surface area contributed by atoms with Gasteiger partial charge in [0, 0.05) is 11.5 Å². The highest BCUT2D eigenvalue weighted by Crippen LogP contribution is 2.59. The third kappa shape index (κ3) is 3.66. The minimum atomic E-state index is -0.766. The Morgan fingerprint density at radius 3 is 1.90 bits per heavy atom. The first-order chi connectivity index (χ1) is 19.9. The van der Waals surface area contributed by atoms with E-state index < -0.39 is 35.5 Å². The zero-order valence-electron chi connectivity index (χ0n) is 22.3. The van der Waals surface area contributed by atoms with Gasteiger partial charge >= 0.3 is 0 Å². The summed E-state index contributed by atoms with van der Waals surface area (Å²) in [6.45, 7) is 0. The lowest BCUT2D eigenvalue weighted by atomic mass is 9.57. The molecule has 3 fully saturated rings. The van der Waals surface area contributed by atoms with Crippen LogP contribution in [-0.4, -0.2) is 35.8 Å². The first-order valence-electron chi connectivity index (χ1n) is 13.8. The molecule has 4 aliphatic rings. The number of nitrogens with zero attached hydrogens (tertiary/aromatic N) is 2. The Balaban J connectivity index is 1.36. The first-order valence-corrected chi connectivity index (χ1v) is 13.8. The number of hydrogen-bond donors (Lipinski definition) is 1. The third-order valence-corrected chi connectivity index (χ3v) is 9.25. The number of methoxy groups -OCH3 is 1. The average Bonchev–Trinajstić information content (AvgIpc) is 3.41. The minimum absolute atomic E-state index is 0.0172. The minimum Gasteiger partial charge on any atom is -0.508 e. The van der Waals surface area contributed by atoms with Gasteiger partial charge in [-0.25, -0.2) is 0 Å². The number of aromatic hydroxyl groups is 1. The van der Waals surface area contributed by atoms with Crippen molar-refractivity contribution in [2.45, 2.75) is 18.8 Å². The lowest BCUT2D eigenvalue weighted by molar-refractivity contribution is -0.126. The largest absolute Gasteiger partial charge is 0.508 e. The molecule has 0 radical (unpaired) electrons. The van der Waals surface area contributed by atoms with E-state index >= 15 is 0 Å². The van der Waals surface area contributed by atoms with Gasteiger partial charge in [0.1, 0.15) is 11.5 Å². The van der Waals surface area contributed by atoms with Gasteiger partial charge in [-0.1, -0.05) is 48.0 Å². The lowest BCUT2D eigenvalue weighted by Crippen LogP contribution is -2.43. The number of phenolic OH excluding ortho intramolecular Hbond substituents is 1. The fraction of sp³-hybridized carbons (Fsp3) is 0.273. The quantitative estimate of drug-likeness (QED) is 0.382. The molecule has 2 saturated heterocycles. The maximum atomic E-state index is 14.1. The van der Waals surface area contributed by atoms with Crippen molar-refractivity contribution in [1.29, 1.82) is 0 Å². The molecule has 6 atom stereocenters. The monoisotopic (exact) mass is 548 g/mol. The van der Waals surface area contributed by atoms with E-state index in [9.17, 15) is 24.3 Å². The number of carbonyl (C=O) groups excluding carboxylic acids is 4. The fourth-order valence-electron chi connectivity index (χ4n) is 7.51. The summed E-state index contributed by atoms with van der Waals surface area (Å²) < 4.78 is 5.45. The summed E-state index contributed by atoms with van der Waals surface area (Å²) in [6, 6.07) is 22.6. The van der Waals surface area contributed by atoms with Crippen LogP contribution in [0, 0.1) is 29.6 Å². The standard InChI is InChI=1S/C33H28N2O6/c1-41-20-12-15-26(36)24(16-20)27-21-13-14-22-28(32(39)34(30(22)37)18-8-4-2-5-9-18)23(21)17-25-29(27)33(40)35(31(25)38)19-10-6-3-7-11-19/h2-13,15-16,22-23,25,27-29,36H,14,17H2,1H3. The molecule has 0 bridgehead atoms. The molecule has 4 amide bonds. The number of rotatable bonds is 4. The van der Waals surface area contributed by atoms with Gasteiger partial charge in [0.25, 0.3) is 0 Å². The smallest absolute Gasteiger partial charge is 0.238 e. The Labute approximate surface area is 236 Å². The number of imide groups is 2. The van der Waals surface area contributed by atoms with Gasteiger partial charge < -0.3 is 9.84 Å². The van der Waals surface area contributed by atoms with Crippen molar-refractivity contribution in [1.82, 2.24) is 0 Å². The number of fused-ring (bicyclic) bond motifs is 4. The van der Waals surface area contributed by atoms with Gasteiger partial charge in [0.15, 0.2) is 0 Å². The Hall–Kier alpha value is -4.72. The van der Waals surface area contributed by atoms with Gasteiger partial charge in [-0.05, 0) is 61.2 Å². The van der Waals surface area contributed by atoms with Gasteiger partial charge in [0.2, 0.25) is 23.6 Å². The maximum Gasteiger partial charge on any atom is 0.238 e. The Kier molecular flexibility index (Phi) is 5.81. The van der Waals surface area contributed by atoms with E-state index in [-0.39, 0.29) is 35.8 Å². The predicted molar refractivity (Wildman–Crippen MR) is 150 cm³/mol. The average molecular weight is 549 g/mol. The van der Waals surface area contributed by atoms with Crippen LogP contribution >= 0.6 is 0 Å². The molecule has 1 saturated carbocycles. The van der Waals surface area contributed by atoms with Crippen LogP contribution in [0.3, 0.4) is 0 Å². The number of carbonyl (C=O) groups is 4. The molecule has 206 valence electrons. The van der Waals surface area contributed by atoms with E-state index in [0.29, 0.717) is 29.1 Å². The van der Waals surface area contributed by atoms with Crippen LogP contribution in [0.2, 0.25) is 0 Å². The molecule has 2 heterocycles. The number of anilines is 2. The lowest BCUT2D eigenvalue weighted by Gasteiger charge is -2.44. The molecule has 41 heavy (non-hydrogen) atoms. The number of phenols is 1. The van der Waals surface area contributed by atoms with Crippen molar-refractivity contribution < 1.29 is 29.0 Å². The summed E-state index contributed by atoms with van der Waals surface area (Å²) in [7, 11) is 1.52. The van der Waals surface area contributed by atoms with Crippen molar-refractivity contribution in [2.75, 3.05) is 16.9 Å². The van der Waals surface area contributed by atoms with Crippen molar-refractivity contribution in [3.05, 3.63) is 96.1 Å². The van der Waals surface area contributed by atoms with E-state index in [0.717, 1.165) is 5.57 Å². The second-order valence-electron chi connectivity index (χ2n) is 11.1. The molecular weight excluding hydrogens is 520 g/mol. The van der Waals surface area contributed by atoms with Crippen LogP contribution in [0.25, 0.3) is 0 Å². The molecule has 6 unspecified atom stereocenters. The zero-order valence-corrected chi connectivity index (χ0v) is 22.3. The topological polar surface area (TPSA) is 104 Å². The van der Waals surface area contributed by atoms with E-state index in [2.05, 4.69) is 0 Å². The Morgan fingerprint density at radius 2 is 1.29 bits per heavy atom. The van der Waals surface area contributed by atoms with Gasteiger partial charge in [-0.15, -0.1) is 0 Å². The van der Waals surface area contributed by atoms with Crippen molar-refractivity contribution >= 4 is 35.0 Å². The summed E-state index contributed by atoms with van der Waals surface area (Å²) in [5.41, 5.74) is 2.31. The summed E-state index contributed by atoms with van der Waals surface area (Å²) in [6.07, 6.45) is 2.58. The molecule has 0 spiro atoms. The van der Waals surface area contributed by atoms with E-state index in [1.807, 2.05) is 18.2 Å². The highest BCUT2D eigenvalue weighted by molar-refractivity contribution is 6.24. The summed E-state index contributed by atoms with van der Waals surface area (Å²) in [5, 5.41) is 11.1. The number of para-hydroxylation sites is 2. The van der Waals surface area contributed by atoms with Crippen LogP contribution in [0.5, 0.6) is 11.5 Å². The van der Waals surface area contributed by atoms with Crippen LogP contribution < -0.4 is 14.5 Å². The van der Waals surface area contributed by atoms with Crippen LogP contribution in [0.1, 0.15) is 24.3 Å². The van der Waals surface area contributed by atoms with Gasteiger partial charge in [0.05, 0.1) is 42.2 Å². The SMILES string of the molecule is COc1ccc(O)c(C2C3=CCC4C(=O)N(c5ccccc5)C(=O)C4C3CC3C(=O)N(c4ccccc4)C(=O)C32)c1. The highest BCUT2D eigenvalue weighted by atomic mass is 16.5. The van der Waals surface area contributed by atoms with Crippen molar-refractivity contribution in [2.24, 2.45) is 29.6 Å². The maximum absolute atomic E-state index is 14.1.